The Balaban J connectivity index is 2.94. The van der Waals surface area contributed by atoms with Gasteiger partial charge in [0.25, 0.3) is 0 Å². The van der Waals surface area contributed by atoms with Crippen molar-refractivity contribution in [1.29, 1.82) is 0 Å². The number of hydrogen-bond donors (Lipinski definition) is 1. The first kappa shape index (κ1) is 12.2. The zero-order chi connectivity index (χ0) is 12.1. The van der Waals surface area contributed by atoms with E-state index in [4.69, 9.17) is 5.11 Å². The van der Waals surface area contributed by atoms with Gasteiger partial charge in [0.15, 0.2) is 11.6 Å². The highest BCUT2D eigenvalue weighted by Crippen LogP contribution is 2.23. The number of carbonyl (C=O) groups is 1. The average Bonchev–Trinajstić information content (AvgIpc) is 2.24. The van der Waals surface area contributed by atoms with Gasteiger partial charge in [-0.05, 0) is 12.1 Å². The Morgan fingerprint density at radius 1 is 1.44 bits per heavy atom. The van der Waals surface area contributed by atoms with Gasteiger partial charge in [-0.2, -0.15) is 4.39 Å². The van der Waals surface area contributed by atoms with Crippen molar-refractivity contribution in [3.63, 3.8) is 0 Å². The molecule has 0 heterocycles. The molecule has 1 N–H and O–H groups in total. The standard InChI is InChI=1S/C11H10F2O3/c1-16-8-6-5-7(10(12)11(8)13)3-2-4-9(14)15/h2-3,5-6H,4H2,1H3,(H,14,15). The number of ether oxygens (including phenoxy) is 1. The summed E-state index contributed by atoms with van der Waals surface area (Å²) in [5, 5.41) is 8.36. The predicted octanol–water partition coefficient (Wildman–Crippen LogP) is 2.46. The number of benzene rings is 1. The lowest BCUT2D eigenvalue weighted by molar-refractivity contribution is -0.135. The Bertz CT molecular complexity index is 427. The summed E-state index contributed by atoms with van der Waals surface area (Å²) in [6.07, 6.45) is 2.21. The molecule has 0 spiro atoms. The number of carboxylic acid groups (broad SMARTS) is 1. The molecule has 1 aromatic rings. The van der Waals surface area contributed by atoms with Gasteiger partial charge in [0.1, 0.15) is 0 Å². The van der Waals surface area contributed by atoms with E-state index in [-0.39, 0.29) is 17.7 Å². The zero-order valence-corrected chi connectivity index (χ0v) is 8.54. The van der Waals surface area contributed by atoms with E-state index in [9.17, 15) is 13.6 Å². The molecule has 86 valence electrons. The summed E-state index contributed by atoms with van der Waals surface area (Å²) in [6, 6.07) is 2.59. The van der Waals surface area contributed by atoms with Crippen LogP contribution in [0.3, 0.4) is 0 Å². The molecule has 3 nitrogen and oxygen atoms in total. The summed E-state index contributed by atoms with van der Waals surface area (Å²) in [5.74, 6) is -3.36. The molecular weight excluding hydrogens is 218 g/mol. The SMILES string of the molecule is COc1ccc(C=CCC(=O)O)c(F)c1F. The molecule has 0 atom stereocenters. The fourth-order valence-corrected chi connectivity index (χ4v) is 1.12. The van der Waals surface area contributed by atoms with Crippen molar-refractivity contribution in [3.8, 4) is 5.75 Å². The van der Waals surface area contributed by atoms with Crippen LogP contribution in [0.15, 0.2) is 18.2 Å². The average molecular weight is 228 g/mol. The van der Waals surface area contributed by atoms with E-state index in [1.54, 1.807) is 0 Å². The van der Waals surface area contributed by atoms with Crippen LogP contribution >= 0.6 is 0 Å². The number of hydrogen-bond acceptors (Lipinski definition) is 2. The van der Waals surface area contributed by atoms with Crippen molar-refractivity contribution < 1.29 is 23.4 Å². The third-order valence-electron chi connectivity index (χ3n) is 1.89. The fourth-order valence-electron chi connectivity index (χ4n) is 1.12. The van der Waals surface area contributed by atoms with E-state index >= 15 is 0 Å². The first-order valence-electron chi connectivity index (χ1n) is 4.46. The van der Waals surface area contributed by atoms with Crippen molar-refractivity contribution >= 4 is 12.0 Å². The van der Waals surface area contributed by atoms with Crippen LogP contribution in [-0.4, -0.2) is 18.2 Å². The lowest BCUT2D eigenvalue weighted by Crippen LogP contribution is -1.95. The van der Waals surface area contributed by atoms with Crippen LogP contribution in [0.4, 0.5) is 8.78 Å². The van der Waals surface area contributed by atoms with Gasteiger partial charge in [0, 0.05) is 5.56 Å². The van der Waals surface area contributed by atoms with Crippen molar-refractivity contribution in [3.05, 3.63) is 35.4 Å². The summed E-state index contributed by atoms with van der Waals surface area (Å²) in [5.41, 5.74) is -0.0143. The molecule has 0 amide bonds. The molecule has 16 heavy (non-hydrogen) atoms. The molecule has 0 radical (unpaired) electrons. The third kappa shape index (κ3) is 2.79. The van der Waals surface area contributed by atoms with Crippen LogP contribution < -0.4 is 4.74 Å². The van der Waals surface area contributed by atoms with E-state index in [0.29, 0.717) is 0 Å². The van der Waals surface area contributed by atoms with Crippen LogP contribution in [0.1, 0.15) is 12.0 Å². The van der Waals surface area contributed by atoms with E-state index in [0.717, 1.165) is 0 Å². The minimum atomic E-state index is -1.08. The van der Waals surface area contributed by atoms with Gasteiger partial charge in [-0.15, -0.1) is 0 Å². The predicted molar refractivity (Wildman–Crippen MR) is 54.2 cm³/mol. The molecule has 0 unspecified atom stereocenters. The Kier molecular flexibility index (Phi) is 3.99. The number of methoxy groups -OCH3 is 1. The van der Waals surface area contributed by atoms with Gasteiger partial charge in [-0.1, -0.05) is 12.2 Å². The summed E-state index contributed by atoms with van der Waals surface area (Å²) in [7, 11) is 1.23. The number of rotatable bonds is 4. The highest BCUT2D eigenvalue weighted by atomic mass is 19.2. The Morgan fingerprint density at radius 3 is 2.69 bits per heavy atom. The van der Waals surface area contributed by atoms with Crippen molar-refractivity contribution in [2.24, 2.45) is 0 Å². The van der Waals surface area contributed by atoms with Gasteiger partial charge in [0.2, 0.25) is 5.82 Å². The molecule has 0 saturated heterocycles. The first-order valence-corrected chi connectivity index (χ1v) is 4.46. The van der Waals surface area contributed by atoms with E-state index < -0.39 is 17.6 Å². The highest BCUT2D eigenvalue weighted by molar-refractivity contribution is 5.70. The second-order valence-corrected chi connectivity index (χ2v) is 2.99. The second kappa shape index (κ2) is 5.25. The Morgan fingerprint density at radius 2 is 2.12 bits per heavy atom. The topological polar surface area (TPSA) is 46.5 Å². The lowest BCUT2D eigenvalue weighted by Gasteiger charge is -2.04. The normalized spacial score (nSPS) is 10.7. The maximum Gasteiger partial charge on any atom is 0.307 e. The monoisotopic (exact) mass is 228 g/mol. The van der Waals surface area contributed by atoms with Gasteiger partial charge in [-0.25, -0.2) is 4.39 Å². The van der Waals surface area contributed by atoms with Crippen LogP contribution in [0, 0.1) is 11.6 Å². The first-order chi connectivity index (χ1) is 7.56. The largest absolute Gasteiger partial charge is 0.494 e. The van der Waals surface area contributed by atoms with Gasteiger partial charge in [0.05, 0.1) is 13.5 Å². The number of halogens is 2. The minimum Gasteiger partial charge on any atom is -0.494 e. The molecule has 5 heteroatoms. The van der Waals surface area contributed by atoms with Crippen LogP contribution in [-0.2, 0) is 4.79 Å². The van der Waals surface area contributed by atoms with Crippen molar-refractivity contribution in [1.82, 2.24) is 0 Å². The third-order valence-corrected chi connectivity index (χ3v) is 1.89. The van der Waals surface area contributed by atoms with Gasteiger partial charge >= 0.3 is 5.97 Å². The summed E-state index contributed by atoms with van der Waals surface area (Å²) < 4.78 is 31.1. The summed E-state index contributed by atoms with van der Waals surface area (Å²) in [4.78, 5) is 10.2. The molecule has 0 aliphatic rings. The summed E-state index contributed by atoms with van der Waals surface area (Å²) in [6.45, 7) is 0. The molecule has 1 rings (SSSR count). The van der Waals surface area contributed by atoms with Crippen molar-refractivity contribution in [2.45, 2.75) is 6.42 Å². The Labute approximate surface area is 91.0 Å². The number of carboxylic acids is 1. The lowest BCUT2D eigenvalue weighted by atomic mass is 10.1. The van der Waals surface area contributed by atoms with Crippen LogP contribution in [0.5, 0.6) is 5.75 Å². The molecule has 0 fully saturated rings. The van der Waals surface area contributed by atoms with E-state index in [2.05, 4.69) is 4.74 Å². The van der Waals surface area contributed by atoms with E-state index in [1.165, 1.54) is 31.4 Å². The Hall–Kier alpha value is -1.91. The smallest absolute Gasteiger partial charge is 0.307 e. The maximum atomic E-state index is 13.3. The van der Waals surface area contributed by atoms with Crippen LogP contribution in [0.2, 0.25) is 0 Å². The molecule has 0 aliphatic carbocycles. The molecule has 0 aliphatic heterocycles. The highest BCUT2D eigenvalue weighted by Gasteiger charge is 2.11. The van der Waals surface area contributed by atoms with Gasteiger partial charge < -0.3 is 9.84 Å². The molecule has 0 saturated carbocycles. The van der Waals surface area contributed by atoms with Gasteiger partial charge in [-0.3, -0.25) is 4.79 Å². The molecular formula is C11H10F2O3. The van der Waals surface area contributed by atoms with Crippen molar-refractivity contribution in [2.75, 3.05) is 7.11 Å². The van der Waals surface area contributed by atoms with E-state index in [1.807, 2.05) is 0 Å². The minimum absolute atomic E-state index is 0.0143. The number of aliphatic carboxylic acids is 1. The quantitative estimate of drug-likeness (QED) is 0.861. The second-order valence-electron chi connectivity index (χ2n) is 2.99. The fraction of sp³-hybridized carbons (Fsp3) is 0.182. The molecule has 1 aromatic carbocycles. The molecule has 0 aromatic heterocycles. The summed E-state index contributed by atoms with van der Waals surface area (Å²) >= 11 is 0. The molecule has 0 bridgehead atoms. The van der Waals surface area contributed by atoms with Crippen LogP contribution in [0.25, 0.3) is 6.08 Å². The zero-order valence-electron chi connectivity index (χ0n) is 8.54. The maximum absolute atomic E-state index is 13.3.